The summed E-state index contributed by atoms with van der Waals surface area (Å²) < 4.78 is 16.1. The number of esters is 1. The first kappa shape index (κ1) is 19.7. The number of benzene rings is 1. The van der Waals surface area contributed by atoms with Crippen LogP contribution in [0.25, 0.3) is 0 Å². The second kappa shape index (κ2) is 9.19. The molecular weight excluding hydrogens is 346 g/mol. The van der Waals surface area contributed by atoms with Gasteiger partial charge in [0.05, 0.1) is 25.3 Å². The van der Waals surface area contributed by atoms with E-state index in [1.165, 1.54) is 0 Å². The van der Waals surface area contributed by atoms with Gasteiger partial charge in [0.2, 0.25) is 0 Å². The molecule has 2 rings (SSSR count). The summed E-state index contributed by atoms with van der Waals surface area (Å²) >= 11 is 1.05. The van der Waals surface area contributed by atoms with E-state index in [2.05, 4.69) is 5.32 Å². The summed E-state index contributed by atoms with van der Waals surface area (Å²) in [5.41, 5.74) is 1.13. The van der Waals surface area contributed by atoms with Crippen molar-refractivity contribution in [2.45, 2.75) is 30.8 Å². The van der Waals surface area contributed by atoms with Crippen LogP contribution in [-0.2, 0) is 14.3 Å². The van der Waals surface area contributed by atoms with Gasteiger partial charge in [-0.05, 0) is 31.3 Å². The molecule has 1 aromatic carbocycles. The van der Waals surface area contributed by atoms with E-state index in [1.54, 1.807) is 38.4 Å². The molecule has 0 aromatic heterocycles. The van der Waals surface area contributed by atoms with Crippen LogP contribution >= 0.6 is 11.8 Å². The Kier molecular flexibility index (Phi) is 7.24. The van der Waals surface area contributed by atoms with Crippen LogP contribution in [0.1, 0.15) is 23.2 Å². The molecule has 2 unspecified atom stereocenters. The number of thioether (sulfide) groups is 1. The van der Waals surface area contributed by atoms with Crippen LogP contribution in [0, 0.1) is 0 Å². The summed E-state index contributed by atoms with van der Waals surface area (Å²) in [7, 11) is 3.24. The maximum Gasteiger partial charge on any atom is 0.338 e. The first-order valence-corrected chi connectivity index (χ1v) is 9.01. The van der Waals surface area contributed by atoms with Crippen molar-refractivity contribution in [3.63, 3.8) is 0 Å². The summed E-state index contributed by atoms with van der Waals surface area (Å²) in [6.45, 7) is 0.265. The molecule has 1 fully saturated rings. The van der Waals surface area contributed by atoms with E-state index in [0.29, 0.717) is 23.5 Å². The third kappa shape index (κ3) is 5.18. The van der Waals surface area contributed by atoms with Crippen molar-refractivity contribution in [3.05, 3.63) is 29.8 Å². The second-order valence-electron chi connectivity index (χ2n) is 5.71. The lowest BCUT2D eigenvalue weighted by atomic mass is 9.96. The van der Waals surface area contributed by atoms with E-state index in [9.17, 15) is 14.7 Å². The largest absolute Gasteiger partial charge is 0.497 e. The molecule has 8 heteroatoms. The van der Waals surface area contributed by atoms with Crippen molar-refractivity contribution < 1.29 is 28.9 Å². The number of rotatable bonds is 8. The molecule has 1 aliphatic heterocycles. The molecule has 0 amide bonds. The Hall–Kier alpha value is -1.61. The Labute approximate surface area is 151 Å². The number of nitrogens with one attached hydrogen (secondary N) is 1. The van der Waals surface area contributed by atoms with Crippen LogP contribution in [0.15, 0.2) is 24.3 Å². The topological polar surface area (TPSA) is 94.1 Å². The van der Waals surface area contributed by atoms with Gasteiger partial charge in [0, 0.05) is 18.6 Å². The summed E-state index contributed by atoms with van der Waals surface area (Å²) in [6.07, 6.45) is 0.173. The van der Waals surface area contributed by atoms with E-state index >= 15 is 0 Å². The zero-order chi connectivity index (χ0) is 18.3. The summed E-state index contributed by atoms with van der Waals surface area (Å²) in [5.74, 6) is -0.939. The number of ether oxygens (including phenoxy) is 3. The number of carbonyl (C=O) groups excluding carboxylic acids is 2. The second-order valence-corrected chi connectivity index (χ2v) is 6.57. The Balaban J connectivity index is 1.99. The van der Waals surface area contributed by atoms with Gasteiger partial charge in [0.25, 0.3) is 0 Å². The minimum Gasteiger partial charge on any atom is -0.497 e. The molecule has 1 saturated heterocycles. The normalized spacial score (nSPS) is 24.4. The summed E-state index contributed by atoms with van der Waals surface area (Å²) in [4.78, 5) is 22.8. The van der Waals surface area contributed by atoms with Gasteiger partial charge in [-0.1, -0.05) is 11.8 Å². The predicted octanol–water partition coefficient (Wildman–Crippen LogP) is 1.23. The van der Waals surface area contributed by atoms with Gasteiger partial charge in [0.15, 0.2) is 11.4 Å². The molecule has 1 aliphatic rings. The van der Waals surface area contributed by atoms with Gasteiger partial charge in [-0.15, -0.1) is 0 Å². The lowest BCUT2D eigenvalue weighted by Gasteiger charge is -2.41. The number of hydrogen-bond donors (Lipinski definition) is 2. The van der Waals surface area contributed by atoms with E-state index in [-0.39, 0.29) is 13.0 Å². The third-order valence-electron chi connectivity index (χ3n) is 4.14. The number of likely N-dealkylation sites (N-methyl/N-ethyl adjacent to an activating group) is 1. The molecule has 2 N–H and O–H groups in total. The molecule has 25 heavy (non-hydrogen) atoms. The molecule has 7 nitrogen and oxygen atoms in total. The molecule has 0 aliphatic carbocycles. The van der Waals surface area contributed by atoms with Crippen LogP contribution in [-0.4, -0.2) is 61.1 Å². The van der Waals surface area contributed by atoms with Gasteiger partial charge in [-0.2, -0.15) is 0 Å². The van der Waals surface area contributed by atoms with Crippen molar-refractivity contribution in [2.75, 3.05) is 26.5 Å². The van der Waals surface area contributed by atoms with Crippen LogP contribution in [0.5, 0.6) is 5.75 Å². The average molecular weight is 369 g/mol. The summed E-state index contributed by atoms with van der Waals surface area (Å²) in [6, 6.07) is 6.17. The lowest BCUT2D eigenvalue weighted by Crippen LogP contribution is -2.57. The third-order valence-corrected chi connectivity index (χ3v) is 4.80. The maximum absolute atomic E-state index is 12.3. The van der Waals surface area contributed by atoms with Gasteiger partial charge in [-0.25, -0.2) is 4.79 Å². The molecule has 1 heterocycles. The Bertz CT molecular complexity index is 581. The average Bonchev–Trinajstić information content (AvgIpc) is 2.62. The smallest absolute Gasteiger partial charge is 0.338 e. The van der Waals surface area contributed by atoms with E-state index in [0.717, 1.165) is 17.4 Å². The first-order valence-electron chi connectivity index (χ1n) is 7.96. The minimum atomic E-state index is -1.49. The highest BCUT2D eigenvalue weighted by Gasteiger charge is 2.43. The number of aliphatic hydroxyl groups is 1. The molecule has 0 spiro atoms. The molecule has 0 radical (unpaired) electrons. The van der Waals surface area contributed by atoms with Crippen molar-refractivity contribution in [2.24, 2.45) is 0 Å². The van der Waals surface area contributed by atoms with E-state index < -0.39 is 23.9 Å². The predicted molar refractivity (Wildman–Crippen MR) is 94.4 cm³/mol. The zero-order valence-corrected chi connectivity index (χ0v) is 15.1. The fourth-order valence-electron chi connectivity index (χ4n) is 2.72. The fraction of sp³-hybridized carbons (Fsp3) is 0.529. The van der Waals surface area contributed by atoms with Crippen molar-refractivity contribution in [1.82, 2.24) is 5.32 Å². The first-order chi connectivity index (χ1) is 12.0. The van der Waals surface area contributed by atoms with Crippen LogP contribution in [0.2, 0.25) is 0 Å². The molecule has 3 atom stereocenters. The SMILES string of the molecule is CNC(CSC=O)C1(O)C[C@H](OC(=O)c2ccc(OC)cc2)CCO1. The lowest BCUT2D eigenvalue weighted by molar-refractivity contribution is -0.255. The maximum atomic E-state index is 12.3. The highest BCUT2D eigenvalue weighted by atomic mass is 32.2. The van der Waals surface area contributed by atoms with Crippen LogP contribution in [0.3, 0.4) is 0 Å². The monoisotopic (exact) mass is 369 g/mol. The van der Waals surface area contributed by atoms with Crippen molar-refractivity contribution in [1.29, 1.82) is 0 Å². The zero-order valence-electron chi connectivity index (χ0n) is 14.3. The number of methoxy groups -OCH3 is 1. The standard InChI is InChI=1S/C17H23NO6S/c1-18-15(10-25-11-19)17(21)9-14(7-8-23-17)24-16(20)12-3-5-13(22-2)6-4-12/h3-6,11,14-15,18,21H,7-10H2,1-2H3/t14-,15?,17?/m1/s1. The van der Waals surface area contributed by atoms with Crippen LogP contribution in [0.4, 0.5) is 0 Å². The molecule has 0 saturated carbocycles. The van der Waals surface area contributed by atoms with Gasteiger partial charge in [0.1, 0.15) is 11.9 Å². The van der Waals surface area contributed by atoms with Crippen LogP contribution < -0.4 is 10.1 Å². The fourth-order valence-corrected chi connectivity index (χ4v) is 3.42. The molecule has 138 valence electrons. The van der Waals surface area contributed by atoms with Crippen molar-refractivity contribution >= 4 is 23.3 Å². The van der Waals surface area contributed by atoms with Crippen molar-refractivity contribution in [3.8, 4) is 5.75 Å². The van der Waals surface area contributed by atoms with E-state index in [1.807, 2.05) is 0 Å². The Morgan fingerprint density at radius 3 is 2.84 bits per heavy atom. The highest BCUT2D eigenvalue weighted by molar-refractivity contribution is 8.11. The number of hydrogen-bond acceptors (Lipinski definition) is 8. The Morgan fingerprint density at radius 2 is 2.24 bits per heavy atom. The Morgan fingerprint density at radius 1 is 1.52 bits per heavy atom. The minimum absolute atomic E-state index is 0.139. The quantitative estimate of drug-likeness (QED) is 0.522. The van der Waals surface area contributed by atoms with E-state index in [4.69, 9.17) is 14.2 Å². The van der Waals surface area contributed by atoms with Gasteiger partial charge >= 0.3 is 5.97 Å². The number of carbonyl (C=O) groups is 2. The van der Waals surface area contributed by atoms with Gasteiger partial charge < -0.3 is 24.6 Å². The van der Waals surface area contributed by atoms with Gasteiger partial charge in [-0.3, -0.25) is 4.79 Å². The molecular formula is C17H23NO6S. The highest BCUT2D eigenvalue weighted by Crippen LogP contribution is 2.29. The summed E-state index contributed by atoms with van der Waals surface area (Å²) in [5, 5.41) is 13.7. The molecule has 0 bridgehead atoms. The molecule has 1 aromatic rings.